The lowest BCUT2D eigenvalue weighted by atomic mass is 9.98. The molecule has 0 aliphatic rings. The summed E-state index contributed by atoms with van der Waals surface area (Å²) in [5, 5.41) is 3.24. The number of benzene rings is 2. The molecule has 0 saturated carbocycles. The van der Waals surface area contributed by atoms with Crippen LogP contribution in [0.2, 0.25) is 0 Å². The first kappa shape index (κ1) is 15.4. The van der Waals surface area contributed by atoms with E-state index in [0.717, 1.165) is 24.1 Å². The van der Waals surface area contributed by atoms with Crippen LogP contribution in [0.15, 0.2) is 36.4 Å². The van der Waals surface area contributed by atoms with Crippen LogP contribution in [0.3, 0.4) is 0 Å². The van der Waals surface area contributed by atoms with Crippen LogP contribution in [0, 0.1) is 11.6 Å². The molecular formula is C17H19F2NO. The molecule has 2 nitrogen and oxygen atoms in total. The minimum atomic E-state index is -0.345. The Balaban J connectivity index is 2.45. The van der Waals surface area contributed by atoms with Crippen LogP contribution in [0.5, 0.6) is 5.75 Å². The average Bonchev–Trinajstić information content (AvgIpc) is 2.48. The lowest BCUT2D eigenvalue weighted by molar-refractivity contribution is 0.415. The molecule has 0 aromatic heterocycles. The Morgan fingerprint density at radius 1 is 1.00 bits per heavy atom. The SMILES string of the molecule is CCCNCc1cc(F)ccc1-c1cc(F)ccc1OC. The van der Waals surface area contributed by atoms with E-state index < -0.39 is 0 Å². The van der Waals surface area contributed by atoms with Gasteiger partial charge in [0.15, 0.2) is 0 Å². The van der Waals surface area contributed by atoms with Gasteiger partial charge in [-0.15, -0.1) is 0 Å². The Kier molecular flexibility index (Phi) is 5.28. The van der Waals surface area contributed by atoms with Crippen molar-refractivity contribution in [2.75, 3.05) is 13.7 Å². The zero-order valence-corrected chi connectivity index (χ0v) is 12.2. The number of hydrogen-bond acceptors (Lipinski definition) is 2. The molecule has 0 bridgehead atoms. The zero-order valence-electron chi connectivity index (χ0n) is 12.2. The van der Waals surface area contributed by atoms with Gasteiger partial charge in [0.1, 0.15) is 17.4 Å². The van der Waals surface area contributed by atoms with Gasteiger partial charge in [0, 0.05) is 12.1 Å². The van der Waals surface area contributed by atoms with Gasteiger partial charge < -0.3 is 10.1 Å². The van der Waals surface area contributed by atoms with Gasteiger partial charge in [-0.2, -0.15) is 0 Å². The maximum absolute atomic E-state index is 13.5. The molecule has 112 valence electrons. The van der Waals surface area contributed by atoms with Gasteiger partial charge in [-0.1, -0.05) is 13.0 Å². The molecule has 0 fully saturated rings. The molecule has 0 saturated heterocycles. The smallest absolute Gasteiger partial charge is 0.126 e. The molecule has 2 rings (SSSR count). The summed E-state index contributed by atoms with van der Waals surface area (Å²) in [6.45, 7) is 3.44. The van der Waals surface area contributed by atoms with Gasteiger partial charge in [-0.05, 0) is 54.4 Å². The number of hydrogen-bond donors (Lipinski definition) is 1. The maximum Gasteiger partial charge on any atom is 0.126 e. The number of halogens is 2. The highest BCUT2D eigenvalue weighted by Gasteiger charge is 2.12. The van der Waals surface area contributed by atoms with E-state index >= 15 is 0 Å². The predicted octanol–water partition coefficient (Wildman–Crippen LogP) is 4.14. The van der Waals surface area contributed by atoms with Crippen molar-refractivity contribution in [1.82, 2.24) is 5.32 Å². The Morgan fingerprint density at radius 2 is 1.71 bits per heavy atom. The van der Waals surface area contributed by atoms with Crippen LogP contribution >= 0.6 is 0 Å². The third kappa shape index (κ3) is 3.79. The summed E-state index contributed by atoms with van der Waals surface area (Å²) in [7, 11) is 1.54. The van der Waals surface area contributed by atoms with Crippen LogP contribution < -0.4 is 10.1 Å². The van der Waals surface area contributed by atoms with Crippen LogP contribution in [-0.2, 0) is 6.54 Å². The number of ether oxygens (including phenoxy) is 1. The van der Waals surface area contributed by atoms with Crippen LogP contribution in [0.4, 0.5) is 8.78 Å². The van der Waals surface area contributed by atoms with Crippen LogP contribution in [0.25, 0.3) is 11.1 Å². The quantitative estimate of drug-likeness (QED) is 0.808. The first-order valence-corrected chi connectivity index (χ1v) is 6.98. The third-order valence-corrected chi connectivity index (χ3v) is 3.26. The molecule has 21 heavy (non-hydrogen) atoms. The lowest BCUT2D eigenvalue weighted by Crippen LogP contribution is -2.14. The molecule has 1 N–H and O–H groups in total. The predicted molar refractivity (Wildman–Crippen MR) is 80.3 cm³/mol. The van der Waals surface area contributed by atoms with Gasteiger partial charge in [0.25, 0.3) is 0 Å². The number of nitrogens with one attached hydrogen (secondary N) is 1. The molecule has 2 aromatic carbocycles. The summed E-state index contributed by atoms with van der Waals surface area (Å²) in [5.41, 5.74) is 2.19. The Bertz CT molecular complexity index is 614. The fourth-order valence-electron chi connectivity index (χ4n) is 2.26. The van der Waals surface area contributed by atoms with E-state index in [1.807, 2.05) is 0 Å². The largest absolute Gasteiger partial charge is 0.496 e. The van der Waals surface area contributed by atoms with Gasteiger partial charge in [0.2, 0.25) is 0 Å². The summed E-state index contributed by atoms with van der Waals surface area (Å²) in [5.74, 6) is -0.0789. The standard InChI is InChI=1S/C17H19F2NO/c1-3-8-20-11-12-9-13(18)4-6-15(12)16-10-14(19)5-7-17(16)21-2/h4-7,9-10,20H,3,8,11H2,1-2H3. The molecule has 0 heterocycles. The van der Waals surface area contributed by atoms with E-state index in [1.165, 1.54) is 31.4 Å². The molecule has 2 aromatic rings. The van der Waals surface area contributed by atoms with E-state index in [0.29, 0.717) is 17.9 Å². The fraction of sp³-hybridized carbons (Fsp3) is 0.294. The van der Waals surface area contributed by atoms with Crippen molar-refractivity contribution in [2.45, 2.75) is 19.9 Å². The minimum Gasteiger partial charge on any atom is -0.496 e. The maximum atomic E-state index is 13.5. The molecular weight excluding hydrogens is 272 g/mol. The van der Waals surface area contributed by atoms with Crippen molar-refractivity contribution in [1.29, 1.82) is 0 Å². The van der Waals surface area contributed by atoms with Crippen molar-refractivity contribution in [2.24, 2.45) is 0 Å². The van der Waals surface area contributed by atoms with E-state index in [1.54, 1.807) is 12.1 Å². The third-order valence-electron chi connectivity index (χ3n) is 3.26. The summed E-state index contributed by atoms with van der Waals surface area (Å²) in [4.78, 5) is 0. The Morgan fingerprint density at radius 3 is 2.43 bits per heavy atom. The Labute approximate surface area is 123 Å². The summed E-state index contributed by atoms with van der Waals surface area (Å²) in [6.07, 6.45) is 0.994. The molecule has 0 amide bonds. The summed E-state index contributed by atoms with van der Waals surface area (Å²) in [6, 6.07) is 8.86. The molecule has 0 aliphatic heterocycles. The second kappa shape index (κ2) is 7.18. The molecule has 0 unspecified atom stereocenters. The topological polar surface area (TPSA) is 21.3 Å². The zero-order chi connectivity index (χ0) is 15.2. The van der Waals surface area contributed by atoms with E-state index in [4.69, 9.17) is 4.74 Å². The second-order valence-electron chi connectivity index (χ2n) is 4.82. The van der Waals surface area contributed by atoms with Crippen molar-refractivity contribution in [3.05, 3.63) is 53.6 Å². The number of methoxy groups -OCH3 is 1. The van der Waals surface area contributed by atoms with Crippen molar-refractivity contribution in [3.8, 4) is 16.9 Å². The van der Waals surface area contributed by atoms with E-state index in [9.17, 15) is 8.78 Å². The van der Waals surface area contributed by atoms with Gasteiger partial charge >= 0.3 is 0 Å². The lowest BCUT2D eigenvalue weighted by Gasteiger charge is -2.14. The highest BCUT2D eigenvalue weighted by atomic mass is 19.1. The van der Waals surface area contributed by atoms with Crippen molar-refractivity contribution >= 4 is 0 Å². The van der Waals surface area contributed by atoms with Gasteiger partial charge in [-0.25, -0.2) is 8.78 Å². The molecule has 0 radical (unpaired) electrons. The minimum absolute atomic E-state index is 0.303. The van der Waals surface area contributed by atoms with Gasteiger partial charge in [0.05, 0.1) is 7.11 Å². The Hall–Kier alpha value is -1.94. The van der Waals surface area contributed by atoms with Crippen molar-refractivity contribution < 1.29 is 13.5 Å². The van der Waals surface area contributed by atoms with Crippen LogP contribution in [-0.4, -0.2) is 13.7 Å². The van der Waals surface area contributed by atoms with E-state index in [-0.39, 0.29) is 11.6 Å². The summed E-state index contributed by atoms with van der Waals surface area (Å²) >= 11 is 0. The van der Waals surface area contributed by atoms with E-state index in [2.05, 4.69) is 12.2 Å². The first-order chi connectivity index (χ1) is 10.2. The molecule has 4 heteroatoms. The highest BCUT2D eigenvalue weighted by molar-refractivity contribution is 5.73. The van der Waals surface area contributed by atoms with Crippen molar-refractivity contribution in [3.63, 3.8) is 0 Å². The highest BCUT2D eigenvalue weighted by Crippen LogP contribution is 2.33. The first-order valence-electron chi connectivity index (χ1n) is 6.98. The van der Waals surface area contributed by atoms with Crippen LogP contribution in [0.1, 0.15) is 18.9 Å². The molecule has 0 aliphatic carbocycles. The number of rotatable bonds is 6. The molecule has 0 spiro atoms. The monoisotopic (exact) mass is 291 g/mol. The van der Waals surface area contributed by atoms with Gasteiger partial charge in [-0.3, -0.25) is 0 Å². The average molecular weight is 291 g/mol. The fourth-order valence-corrected chi connectivity index (χ4v) is 2.26. The second-order valence-corrected chi connectivity index (χ2v) is 4.82. The molecule has 0 atom stereocenters. The summed E-state index contributed by atoms with van der Waals surface area (Å²) < 4.78 is 32.3. The normalized spacial score (nSPS) is 10.7.